The van der Waals surface area contributed by atoms with Gasteiger partial charge >= 0.3 is 0 Å². The molecular formula is C17H17N3O. The lowest BCUT2D eigenvalue weighted by molar-refractivity contribution is 0.850. The second-order valence-electron chi connectivity index (χ2n) is 5.25. The molecule has 4 nitrogen and oxygen atoms in total. The number of H-pyrrole nitrogens is 1. The summed E-state index contributed by atoms with van der Waals surface area (Å²) in [6, 6.07) is 15.6. The summed E-state index contributed by atoms with van der Waals surface area (Å²) < 4.78 is 1.50. The molecule has 3 rings (SSSR count). The Labute approximate surface area is 122 Å². The average molecular weight is 279 g/mol. The molecule has 106 valence electrons. The maximum Gasteiger partial charge on any atom is 0.295 e. The molecule has 0 aliphatic rings. The topological polar surface area (TPSA) is 63.8 Å². The van der Waals surface area contributed by atoms with Crippen LogP contribution in [0.25, 0.3) is 16.9 Å². The van der Waals surface area contributed by atoms with Crippen LogP contribution in [0, 0.1) is 13.8 Å². The van der Waals surface area contributed by atoms with E-state index in [2.05, 4.69) is 11.2 Å². The van der Waals surface area contributed by atoms with Gasteiger partial charge in [0.25, 0.3) is 5.56 Å². The quantitative estimate of drug-likeness (QED) is 0.757. The van der Waals surface area contributed by atoms with Crippen LogP contribution in [-0.2, 0) is 0 Å². The van der Waals surface area contributed by atoms with E-state index in [-0.39, 0.29) is 11.2 Å². The van der Waals surface area contributed by atoms with E-state index in [9.17, 15) is 4.79 Å². The van der Waals surface area contributed by atoms with Crippen molar-refractivity contribution in [3.63, 3.8) is 0 Å². The minimum atomic E-state index is -0.223. The third kappa shape index (κ3) is 2.36. The number of nitrogens with two attached hydrogens (primary N) is 1. The van der Waals surface area contributed by atoms with Crippen LogP contribution >= 0.6 is 0 Å². The molecule has 0 saturated carbocycles. The normalized spacial score (nSPS) is 10.8. The molecule has 0 amide bonds. The maximum atomic E-state index is 12.4. The van der Waals surface area contributed by atoms with Gasteiger partial charge in [-0.25, -0.2) is 4.68 Å². The van der Waals surface area contributed by atoms with Gasteiger partial charge in [-0.1, -0.05) is 36.4 Å². The Morgan fingerprint density at radius 1 is 1.00 bits per heavy atom. The molecule has 0 aliphatic carbocycles. The number of benzene rings is 2. The van der Waals surface area contributed by atoms with Crippen LogP contribution in [0.5, 0.6) is 0 Å². The summed E-state index contributed by atoms with van der Waals surface area (Å²) in [4.78, 5) is 12.4. The Kier molecular flexibility index (Phi) is 3.14. The smallest absolute Gasteiger partial charge is 0.295 e. The lowest BCUT2D eigenvalue weighted by Gasteiger charge is -2.05. The Hall–Kier alpha value is -2.75. The van der Waals surface area contributed by atoms with E-state index in [1.807, 2.05) is 56.3 Å². The molecule has 0 atom stereocenters. The van der Waals surface area contributed by atoms with E-state index in [1.54, 1.807) is 0 Å². The van der Waals surface area contributed by atoms with Crippen molar-refractivity contribution < 1.29 is 0 Å². The van der Waals surface area contributed by atoms with Gasteiger partial charge in [0.05, 0.1) is 11.4 Å². The van der Waals surface area contributed by atoms with Gasteiger partial charge < -0.3 is 5.73 Å². The van der Waals surface area contributed by atoms with Crippen molar-refractivity contribution >= 4 is 5.69 Å². The molecule has 3 N–H and O–H groups in total. The number of anilines is 1. The molecule has 0 aliphatic heterocycles. The third-order valence-electron chi connectivity index (χ3n) is 3.45. The fourth-order valence-corrected chi connectivity index (χ4v) is 2.54. The number of rotatable bonds is 2. The number of aromatic amines is 1. The zero-order chi connectivity index (χ0) is 15.0. The lowest BCUT2D eigenvalue weighted by atomic mass is 10.1. The zero-order valence-corrected chi connectivity index (χ0v) is 12.1. The Morgan fingerprint density at radius 3 is 2.24 bits per heavy atom. The molecule has 21 heavy (non-hydrogen) atoms. The van der Waals surface area contributed by atoms with Gasteiger partial charge in [-0.05, 0) is 37.1 Å². The summed E-state index contributed by atoms with van der Waals surface area (Å²) in [6.07, 6.45) is 0. The van der Waals surface area contributed by atoms with Crippen LogP contribution in [0.2, 0.25) is 0 Å². The Balaban J connectivity index is 2.20. The predicted octanol–water partition coefficient (Wildman–Crippen LogP) is 3.03. The van der Waals surface area contributed by atoms with Gasteiger partial charge in [-0.3, -0.25) is 9.89 Å². The van der Waals surface area contributed by atoms with E-state index in [0.29, 0.717) is 5.69 Å². The molecule has 0 saturated heterocycles. The first-order valence-corrected chi connectivity index (χ1v) is 6.81. The van der Waals surface area contributed by atoms with Crippen molar-refractivity contribution in [3.05, 3.63) is 70.0 Å². The molecule has 2 aromatic carbocycles. The predicted molar refractivity (Wildman–Crippen MR) is 85.7 cm³/mol. The first kappa shape index (κ1) is 13.2. The number of nitrogen functional groups attached to an aromatic ring is 1. The highest BCUT2D eigenvalue weighted by Gasteiger charge is 2.14. The van der Waals surface area contributed by atoms with Gasteiger partial charge in [0.1, 0.15) is 5.69 Å². The standard InChI is InChI=1S/C17H17N3O/c1-11-8-12(2)10-14(9-11)20-17(21)15(18)16(19-20)13-6-4-3-5-7-13/h3-10,19H,18H2,1-2H3. The molecule has 0 spiro atoms. The summed E-state index contributed by atoms with van der Waals surface area (Å²) in [5, 5.41) is 3.12. The van der Waals surface area contributed by atoms with Gasteiger partial charge in [0.15, 0.2) is 0 Å². The summed E-state index contributed by atoms with van der Waals surface area (Å²) in [5.74, 6) is 0. The number of hydrogen-bond acceptors (Lipinski definition) is 2. The number of hydrogen-bond donors (Lipinski definition) is 2. The zero-order valence-electron chi connectivity index (χ0n) is 12.1. The van der Waals surface area contributed by atoms with Gasteiger partial charge in [0.2, 0.25) is 0 Å². The second kappa shape index (κ2) is 4.98. The van der Waals surface area contributed by atoms with Gasteiger partial charge in [-0.2, -0.15) is 0 Å². The van der Waals surface area contributed by atoms with E-state index >= 15 is 0 Å². The van der Waals surface area contributed by atoms with E-state index in [4.69, 9.17) is 5.73 Å². The fraction of sp³-hybridized carbons (Fsp3) is 0.118. The molecule has 0 bridgehead atoms. The largest absolute Gasteiger partial charge is 0.392 e. The van der Waals surface area contributed by atoms with E-state index in [0.717, 1.165) is 22.4 Å². The van der Waals surface area contributed by atoms with Crippen LogP contribution < -0.4 is 11.3 Å². The van der Waals surface area contributed by atoms with Crippen LogP contribution in [0.1, 0.15) is 11.1 Å². The molecule has 1 heterocycles. The second-order valence-corrected chi connectivity index (χ2v) is 5.25. The van der Waals surface area contributed by atoms with Crippen LogP contribution in [0.3, 0.4) is 0 Å². The Morgan fingerprint density at radius 2 is 1.62 bits per heavy atom. The number of nitrogens with one attached hydrogen (secondary N) is 1. The van der Waals surface area contributed by atoms with E-state index < -0.39 is 0 Å². The average Bonchev–Trinajstić information content (AvgIpc) is 2.75. The molecular weight excluding hydrogens is 262 g/mol. The minimum absolute atomic E-state index is 0.223. The lowest BCUT2D eigenvalue weighted by Crippen LogP contribution is -2.16. The first-order valence-electron chi connectivity index (χ1n) is 6.81. The molecule has 0 radical (unpaired) electrons. The molecule has 4 heteroatoms. The van der Waals surface area contributed by atoms with Crippen molar-refractivity contribution in [3.8, 4) is 16.9 Å². The molecule has 3 aromatic rings. The van der Waals surface area contributed by atoms with Crippen LogP contribution in [-0.4, -0.2) is 9.78 Å². The molecule has 1 aromatic heterocycles. The SMILES string of the molecule is Cc1cc(C)cc(-n2[nH]c(-c3ccccc3)c(N)c2=O)c1. The first-order chi connectivity index (χ1) is 10.1. The molecule has 0 fully saturated rings. The number of nitrogens with zero attached hydrogens (tertiary/aromatic N) is 1. The highest BCUT2D eigenvalue weighted by atomic mass is 16.1. The van der Waals surface area contributed by atoms with Gasteiger partial charge in [0, 0.05) is 5.56 Å². The highest BCUT2D eigenvalue weighted by molar-refractivity contribution is 5.72. The number of aromatic nitrogens is 2. The maximum absolute atomic E-state index is 12.4. The number of aryl methyl sites for hydroxylation is 2. The summed E-state index contributed by atoms with van der Waals surface area (Å²) in [6.45, 7) is 4.01. The van der Waals surface area contributed by atoms with Crippen molar-refractivity contribution in [2.75, 3.05) is 5.73 Å². The monoisotopic (exact) mass is 279 g/mol. The van der Waals surface area contributed by atoms with Gasteiger partial charge in [-0.15, -0.1) is 0 Å². The summed E-state index contributed by atoms with van der Waals surface area (Å²) >= 11 is 0. The highest BCUT2D eigenvalue weighted by Crippen LogP contribution is 2.22. The van der Waals surface area contributed by atoms with Crippen molar-refractivity contribution in [2.24, 2.45) is 0 Å². The van der Waals surface area contributed by atoms with Crippen LogP contribution in [0.15, 0.2) is 53.3 Å². The van der Waals surface area contributed by atoms with Crippen molar-refractivity contribution in [1.29, 1.82) is 0 Å². The minimum Gasteiger partial charge on any atom is -0.392 e. The van der Waals surface area contributed by atoms with E-state index in [1.165, 1.54) is 4.68 Å². The van der Waals surface area contributed by atoms with Crippen molar-refractivity contribution in [2.45, 2.75) is 13.8 Å². The Bertz CT molecular complexity index is 824. The third-order valence-corrected chi connectivity index (χ3v) is 3.45. The fourth-order valence-electron chi connectivity index (χ4n) is 2.54. The molecule has 0 unspecified atom stereocenters. The van der Waals surface area contributed by atoms with Crippen molar-refractivity contribution in [1.82, 2.24) is 9.78 Å². The summed E-state index contributed by atoms with van der Waals surface area (Å²) in [7, 11) is 0. The van der Waals surface area contributed by atoms with Crippen LogP contribution in [0.4, 0.5) is 5.69 Å². The summed E-state index contributed by atoms with van der Waals surface area (Å²) in [5.41, 5.74) is 10.6.